The van der Waals surface area contributed by atoms with Crippen molar-refractivity contribution < 1.29 is 4.79 Å². The molecule has 4 rings (SSSR count). The normalized spacial score (nSPS) is 20.4. The third-order valence-electron chi connectivity index (χ3n) is 5.14. The molecule has 0 saturated carbocycles. The number of fused-ring (bicyclic) bond motifs is 3. The topological polar surface area (TPSA) is 61.4 Å². The number of nitrogens with one attached hydrogen (secondary N) is 1. The van der Waals surface area contributed by atoms with Crippen molar-refractivity contribution in [1.29, 1.82) is 0 Å². The lowest BCUT2D eigenvalue weighted by Crippen LogP contribution is -2.40. The molecule has 128 valence electrons. The minimum Gasteiger partial charge on any atom is -0.354 e. The monoisotopic (exact) mass is 345 g/mol. The van der Waals surface area contributed by atoms with E-state index in [1.807, 2.05) is 4.90 Å². The molecular formula is C17H23N5OS. The Morgan fingerprint density at radius 3 is 3.17 bits per heavy atom. The molecular weight excluding hydrogens is 322 g/mol. The van der Waals surface area contributed by atoms with Gasteiger partial charge >= 0.3 is 0 Å². The second kappa shape index (κ2) is 6.29. The molecule has 2 aliphatic heterocycles. The zero-order chi connectivity index (χ0) is 16.7. The van der Waals surface area contributed by atoms with E-state index in [2.05, 4.69) is 27.1 Å². The maximum atomic E-state index is 11.8. The number of rotatable bonds is 3. The van der Waals surface area contributed by atoms with Crippen molar-refractivity contribution in [3.63, 3.8) is 0 Å². The maximum absolute atomic E-state index is 11.8. The Kier molecular flexibility index (Phi) is 4.14. The molecule has 4 heterocycles. The number of thiophene rings is 1. The molecule has 2 aromatic heterocycles. The predicted octanol–water partition coefficient (Wildman–Crippen LogP) is 1.78. The van der Waals surface area contributed by atoms with Crippen molar-refractivity contribution in [2.24, 2.45) is 0 Å². The van der Waals surface area contributed by atoms with E-state index < -0.39 is 0 Å². The van der Waals surface area contributed by atoms with Gasteiger partial charge in [0.25, 0.3) is 0 Å². The molecule has 1 unspecified atom stereocenters. The minimum atomic E-state index is 0.163. The van der Waals surface area contributed by atoms with Gasteiger partial charge in [-0.25, -0.2) is 9.97 Å². The van der Waals surface area contributed by atoms with Crippen LogP contribution in [0.2, 0.25) is 0 Å². The first kappa shape index (κ1) is 15.8. The SMILES string of the molecule is CCN(C(C)=O)C1CCN(c2ncnc3sc4c(c23)CCNC4)C1. The Morgan fingerprint density at radius 2 is 2.38 bits per heavy atom. The first-order valence-corrected chi connectivity index (χ1v) is 9.48. The summed E-state index contributed by atoms with van der Waals surface area (Å²) in [6.07, 6.45) is 3.73. The summed E-state index contributed by atoms with van der Waals surface area (Å²) in [7, 11) is 0. The van der Waals surface area contributed by atoms with Crippen LogP contribution in [0.1, 0.15) is 30.7 Å². The molecule has 24 heavy (non-hydrogen) atoms. The van der Waals surface area contributed by atoms with E-state index in [1.54, 1.807) is 24.6 Å². The highest BCUT2D eigenvalue weighted by molar-refractivity contribution is 7.19. The van der Waals surface area contributed by atoms with Crippen LogP contribution in [0.15, 0.2) is 6.33 Å². The smallest absolute Gasteiger partial charge is 0.219 e. The molecule has 0 bridgehead atoms. The summed E-state index contributed by atoms with van der Waals surface area (Å²) >= 11 is 1.78. The van der Waals surface area contributed by atoms with E-state index in [-0.39, 0.29) is 11.9 Å². The molecule has 1 saturated heterocycles. The third kappa shape index (κ3) is 2.56. The first-order chi connectivity index (χ1) is 11.7. The quantitative estimate of drug-likeness (QED) is 0.919. The van der Waals surface area contributed by atoms with Gasteiger partial charge in [0.2, 0.25) is 5.91 Å². The third-order valence-corrected chi connectivity index (χ3v) is 6.28. The Morgan fingerprint density at radius 1 is 1.50 bits per heavy atom. The van der Waals surface area contributed by atoms with E-state index >= 15 is 0 Å². The molecule has 1 N–H and O–H groups in total. The lowest BCUT2D eigenvalue weighted by Gasteiger charge is -2.27. The first-order valence-electron chi connectivity index (χ1n) is 8.67. The van der Waals surface area contributed by atoms with Crippen LogP contribution in [0.4, 0.5) is 5.82 Å². The van der Waals surface area contributed by atoms with Gasteiger partial charge in [-0.3, -0.25) is 4.79 Å². The molecule has 0 spiro atoms. The summed E-state index contributed by atoms with van der Waals surface area (Å²) in [6.45, 7) is 8.25. The number of carbonyl (C=O) groups excluding carboxylic acids is 1. The second-order valence-corrected chi connectivity index (χ2v) is 7.59. The van der Waals surface area contributed by atoms with Gasteiger partial charge in [0, 0.05) is 38.0 Å². The van der Waals surface area contributed by atoms with Crippen molar-refractivity contribution in [1.82, 2.24) is 20.2 Å². The van der Waals surface area contributed by atoms with Crippen LogP contribution < -0.4 is 10.2 Å². The van der Waals surface area contributed by atoms with Gasteiger partial charge in [-0.1, -0.05) is 0 Å². The van der Waals surface area contributed by atoms with Crippen LogP contribution in [0.25, 0.3) is 10.2 Å². The van der Waals surface area contributed by atoms with Crippen molar-refractivity contribution >= 4 is 33.3 Å². The van der Waals surface area contributed by atoms with Gasteiger partial charge in [-0.15, -0.1) is 11.3 Å². The summed E-state index contributed by atoms with van der Waals surface area (Å²) in [5.74, 6) is 1.22. The predicted molar refractivity (Wildman–Crippen MR) is 96.5 cm³/mol. The van der Waals surface area contributed by atoms with E-state index in [4.69, 9.17) is 0 Å². The average molecular weight is 345 g/mol. The molecule has 1 amide bonds. The number of anilines is 1. The number of carbonyl (C=O) groups is 1. The molecule has 0 radical (unpaired) electrons. The van der Waals surface area contributed by atoms with Crippen molar-refractivity contribution in [3.8, 4) is 0 Å². The highest BCUT2D eigenvalue weighted by atomic mass is 32.1. The van der Waals surface area contributed by atoms with E-state index in [9.17, 15) is 4.79 Å². The standard InChI is InChI=1S/C17H23N5OS/c1-3-22(11(2)23)12-5-7-21(9-12)16-15-13-4-6-18-8-14(13)24-17(15)20-10-19-16/h10,12,18H,3-9H2,1-2H3. The molecule has 1 atom stereocenters. The Labute approximate surface area is 145 Å². The molecule has 0 aliphatic carbocycles. The minimum absolute atomic E-state index is 0.163. The molecule has 7 heteroatoms. The number of aromatic nitrogens is 2. The molecule has 1 fully saturated rings. The average Bonchev–Trinajstić information content (AvgIpc) is 3.19. The van der Waals surface area contributed by atoms with Crippen molar-refractivity contribution in [2.45, 2.75) is 39.3 Å². The summed E-state index contributed by atoms with van der Waals surface area (Å²) < 4.78 is 0. The van der Waals surface area contributed by atoms with Gasteiger partial charge in [-0.05, 0) is 31.9 Å². The van der Waals surface area contributed by atoms with E-state index in [0.29, 0.717) is 0 Å². The van der Waals surface area contributed by atoms with Gasteiger partial charge in [-0.2, -0.15) is 0 Å². The number of likely N-dealkylation sites (N-methyl/N-ethyl adjacent to an activating group) is 1. The zero-order valence-corrected chi connectivity index (χ0v) is 15.0. The van der Waals surface area contributed by atoms with Gasteiger partial charge in [0.1, 0.15) is 17.0 Å². The Balaban J connectivity index is 1.68. The van der Waals surface area contributed by atoms with Gasteiger partial charge in [0.15, 0.2) is 0 Å². The molecule has 6 nitrogen and oxygen atoms in total. The fraction of sp³-hybridized carbons (Fsp3) is 0.588. The van der Waals surface area contributed by atoms with E-state index in [1.165, 1.54) is 15.8 Å². The van der Waals surface area contributed by atoms with Gasteiger partial charge in [0.05, 0.1) is 11.4 Å². The Hall–Kier alpha value is -1.73. The highest BCUT2D eigenvalue weighted by Crippen LogP contribution is 2.38. The van der Waals surface area contributed by atoms with E-state index in [0.717, 1.165) is 56.2 Å². The summed E-state index contributed by atoms with van der Waals surface area (Å²) in [4.78, 5) is 27.8. The molecule has 2 aliphatic rings. The summed E-state index contributed by atoms with van der Waals surface area (Å²) in [5.41, 5.74) is 1.42. The van der Waals surface area contributed by atoms with Crippen LogP contribution in [0.5, 0.6) is 0 Å². The zero-order valence-electron chi connectivity index (χ0n) is 14.2. The second-order valence-electron chi connectivity index (χ2n) is 6.50. The fourth-order valence-electron chi connectivity index (χ4n) is 4.01. The number of hydrogen-bond donors (Lipinski definition) is 1. The Bertz CT molecular complexity index is 774. The van der Waals surface area contributed by atoms with Crippen LogP contribution in [-0.2, 0) is 17.8 Å². The fourth-order valence-corrected chi connectivity index (χ4v) is 5.16. The van der Waals surface area contributed by atoms with Crippen molar-refractivity contribution in [2.75, 3.05) is 31.1 Å². The molecule has 0 aromatic carbocycles. The van der Waals surface area contributed by atoms with Crippen LogP contribution in [0.3, 0.4) is 0 Å². The van der Waals surface area contributed by atoms with Crippen LogP contribution in [0, 0.1) is 0 Å². The highest BCUT2D eigenvalue weighted by Gasteiger charge is 2.31. The largest absolute Gasteiger partial charge is 0.354 e. The summed E-state index contributed by atoms with van der Waals surface area (Å²) in [6, 6.07) is 0.286. The number of nitrogens with zero attached hydrogens (tertiary/aromatic N) is 4. The van der Waals surface area contributed by atoms with Crippen LogP contribution >= 0.6 is 11.3 Å². The number of amides is 1. The van der Waals surface area contributed by atoms with Crippen molar-refractivity contribution in [3.05, 3.63) is 16.8 Å². The lowest BCUT2D eigenvalue weighted by molar-refractivity contribution is -0.130. The maximum Gasteiger partial charge on any atom is 0.219 e. The van der Waals surface area contributed by atoms with Gasteiger partial charge < -0.3 is 15.1 Å². The van der Waals surface area contributed by atoms with Crippen LogP contribution in [-0.4, -0.2) is 53.0 Å². The number of hydrogen-bond acceptors (Lipinski definition) is 6. The lowest BCUT2D eigenvalue weighted by atomic mass is 10.1. The summed E-state index contributed by atoms with van der Waals surface area (Å²) in [5, 5.41) is 4.68. The molecule has 2 aromatic rings.